The number of fused-ring (bicyclic) bond motifs is 1. The van der Waals surface area contributed by atoms with E-state index in [0.29, 0.717) is 12.5 Å². The number of oxazole rings is 1. The van der Waals surface area contributed by atoms with Crippen LogP contribution in [0.5, 0.6) is 0 Å². The minimum absolute atomic E-state index is 0.541. The van der Waals surface area contributed by atoms with Crippen molar-refractivity contribution in [3.63, 3.8) is 0 Å². The second-order valence-electron chi connectivity index (χ2n) is 5.07. The summed E-state index contributed by atoms with van der Waals surface area (Å²) < 4.78 is 12.0. The minimum Gasteiger partial charge on any atom is -0.452 e. The summed E-state index contributed by atoms with van der Waals surface area (Å²) in [6.07, 6.45) is 2.40. The number of halogens is 1. The number of hydrogen-bond acceptors (Lipinski definition) is 4. The summed E-state index contributed by atoms with van der Waals surface area (Å²) in [6.45, 7) is 0.643. The molecule has 4 nitrogen and oxygen atoms in total. The predicted octanol–water partition coefficient (Wildman–Crippen LogP) is 4.67. The number of hydrogen-bond donors (Lipinski definition) is 1. The molecule has 2 heterocycles. The fourth-order valence-corrected chi connectivity index (χ4v) is 2.54. The molecule has 0 radical (unpaired) electrons. The van der Waals surface area contributed by atoms with Crippen LogP contribution in [0.4, 0.5) is 5.69 Å². The van der Waals surface area contributed by atoms with E-state index in [1.54, 1.807) is 0 Å². The number of aromatic nitrogens is 1. The van der Waals surface area contributed by atoms with Gasteiger partial charge in [0.25, 0.3) is 0 Å². The highest BCUT2D eigenvalue weighted by molar-refractivity contribution is 9.10. The van der Waals surface area contributed by atoms with Crippen LogP contribution in [0.3, 0.4) is 0 Å². The lowest BCUT2D eigenvalue weighted by Crippen LogP contribution is -1.97. The molecular formula is C15H13BrN2O2. The van der Waals surface area contributed by atoms with Crippen molar-refractivity contribution in [3.8, 4) is 0 Å². The van der Waals surface area contributed by atoms with Crippen LogP contribution in [-0.2, 0) is 6.54 Å². The quantitative estimate of drug-likeness (QED) is 0.754. The lowest BCUT2D eigenvalue weighted by Gasteiger charge is -2.03. The number of benzene rings is 1. The lowest BCUT2D eigenvalue weighted by atomic mass is 10.3. The molecule has 1 aliphatic carbocycles. The first-order valence-electron chi connectivity index (χ1n) is 6.66. The van der Waals surface area contributed by atoms with Gasteiger partial charge in [-0.1, -0.05) is 0 Å². The van der Waals surface area contributed by atoms with Crippen molar-refractivity contribution in [1.29, 1.82) is 0 Å². The summed E-state index contributed by atoms with van der Waals surface area (Å²) in [5, 5.41) is 3.32. The van der Waals surface area contributed by atoms with Gasteiger partial charge in [-0.05, 0) is 59.1 Å². The molecular weight excluding hydrogens is 320 g/mol. The predicted molar refractivity (Wildman–Crippen MR) is 79.7 cm³/mol. The summed E-state index contributed by atoms with van der Waals surface area (Å²) in [5.41, 5.74) is 2.79. The molecule has 1 saturated carbocycles. The van der Waals surface area contributed by atoms with Crippen LogP contribution < -0.4 is 5.32 Å². The second kappa shape index (κ2) is 4.66. The summed E-state index contributed by atoms with van der Waals surface area (Å²) in [7, 11) is 0. The Balaban J connectivity index is 1.54. The Hall–Kier alpha value is -1.75. The van der Waals surface area contributed by atoms with Crippen LogP contribution in [0.25, 0.3) is 11.1 Å². The first-order valence-corrected chi connectivity index (χ1v) is 7.46. The van der Waals surface area contributed by atoms with Gasteiger partial charge in [-0.25, -0.2) is 4.98 Å². The topological polar surface area (TPSA) is 51.2 Å². The maximum atomic E-state index is 5.75. The molecule has 1 fully saturated rings. The largest absolute Gasteiger partial charge is 0.452 e. The highest BCUT2D eigenvalue weighted by Gasteiger charge is 2.28. The van der Waals surface area contributed by atoms with Crippen LogP contribution in [0, 0.1) is 0 Å². The van der Waals surface area contributed by atoms with Crippen molar-refractivity contribution >= 4 is 32.7 Å². The first kappa shape index (κ1) is 12.0. The molecule has 102 valence electrons. The number of nitrogens with zero attached hydrogens (tertiary/aromatic N) is 1. The maximum absolute atomic E-state index is 5.75. The van der Waals surface area contributed by atoms with E-state index in [-0.39, 0.29) is 0 Å². The van der Waals surface area contributed by atoms with E-state index in [4.69, 9.17) is 8.83 Å². The highest BCUT2D eigenvalue weighted by atomic mass is 79.9. The molecule has 20 heavy (non-hydrogen) atoms. The molecule has 0 amide bonds. The standard InChI is InChI=1S/C15H13BrN2O2/c16-14-6-4-11(19-14)8-17-10-3-5-13-12(7-10)18-15(20-13)9-1-2-9/h3-7,9,17H,1-2,8H2. The normalized spacial score (nSPS) is 14.8. The van der Waals surface area contributed by atoms with E-state index >= 15 is 0 Å². The Labute approximate surface area is 124 Å². The van der Waals surface area contributed by atoms with Gasteiger partial charge in [0.15, 0.2) is 16.1 Å². The van der Waals surface area contributed by atoms with Crippen LogP contribution in [-0.4, -0.2) is 4.98 Å². The SMILES string of the molecule is Brc1ccc(CNc2ccc3oc(C4CC4)nc3c2)o1. The van der Waals surface area contributed by atoms with Gasteiger partial charge in [-0.15, -0.1) is 0 Å². The van der Waals surface area contributed by atoms with Gasteiger partial charge >= 0.3 is 0 Å². The third kappa shape index (κ3) is 2.33. The molecule has 0 saturated heterocycles. The summed E-state index contributed by atoms with van der Waals surface area (Å²) >= 11 is 3.30. The van der Waals surface area contributed by atoms with E-state index in [2.05, 4.69) is 26.2 Å². The Morgan fingerprint density at radius 3 is 2.85 bits per heavy atom. The van der Waals surface area contributed by atoms with Gasteiger partial charge in [0.1, 0.15) is 11.3 Å². The van der Waals surface area contributed by atoms with E-state index in [9.17, 15) is 0 Å². The first-order chi connectivity index (χ1) is 9.78. The Bertz CT molecular complexity index is 758. The number of nitrogens with one attached hydrogen (secondary N) is 1. The molecule has 2 aromatic heterocycles. The lowest BCUT2D eigenvalue weighted by molar-refractivity contribution is 0.495. The molecule has 1 aliphatic rings. The average molecular weight is 333 g/mol. The van der Waals surface area contributed by atoms with Crippen molar-refractivity contribution in [3.05, 3.63) is 46.7 Å². The molecule has 0 bridgehead atoms. The van der Waals surface area contributed by atoms with E-state index in [1.807, 2.05) is 30.3 Å². The van der Waals surface area contributed by atoms with E-state index in [0.717, 1.165) is 33.1 Å². The Morgan fingerprint density at radius 1 is 1.20 bits per heavy atom. The highest BCUT2D eigenvalue weighted by Crippen LogP contribution is 2.40. The van der Waals surface area contributed by atoms with Gasteiger partial charge in [0.2, 0.25) is 0 Å². The molecule has 0 spiro atoms. The smallest absolute Gasteiger partial charge is 0.198 e. The van der Waals surface area contributed by atoms with Gasteiger partial charge < -0.3 is 14.2 Å². The van der Waals surface area contributed by atoms with Gasteiger partial charge in [-0.2, -0.15) is 0 Å². The molecule has 4 rings (SSSR count). The molecule has 0 atom stereocenters. The summed E-state index contributed by atoms with van der Waals surface area (Å²) in [5.74, 6) is 2.31. The zero-order valence-corrected chi connectivity index (χ0v) is 12.3. The fraction of sp³-hybridized carbons (Fsp3) is 0.267. The zero-order chi connectivity index (χ0) is 13.5. The molecule has 0 unspecified atom stereocenters. The van der Waals surface area contributed by atoms with Crippen LogP contribution in [0.15, 0.2) is 43.8 Å². The van der Waals surface area contributed by atoms with Crippen molar-refractivity contribution in [2.75, 3.05) is 5.32 Å². The fourth-order valence-electron chi connectivity index (χ4n) is 2.20. The van der Waals surface area contributed by atoms with Crippen LogP contribution in [0.1, 0.15) is 30.4 Å². The van der Waals surface area contributed by atoms with Crippen LogP contribution >= 0.6 is 15.9 Å². The average Bonchev–Trinajstić information content (AvgIpc) is 3.08. The molecule has 1 aromatic carbocycles. The molecule has 5 heteroatoms. The third-order valence-electron chi connectivity index (χ3n) is 3.43. The minimum atomic E-state index is 0.541. The van der Waals surface area contributed by atoms with Crippen molar-refractivity contribution in [2.24, 2.45) is 0 Å². The van der Waals surface area contributed by atoms with E-state index in [1.165, 1.54) is 12.8 Å². The van der Waals surface area contributed by atoms with Gasteiger partial charge in [0.05, 0.1) is 6.54 Å². The van der Waals surface area contributed by atoms with Crippen molar-refractivity contribution in [2.45, 2.75) is 25.3 Å². The molecule has 0 aliphatic heterocycles. The van der Waals surface area contributed by atoms with Gasteiger partial charge in [0, 0.05) is 11.6 Å². The second-order valence-corrected chi connectivity index (χ2v) is 5.85. The number of furan rings is 1. The van der Waals surface area contributed by atoms with Crippen LogP contribution in [0.2, 0.25) is 0 Å². The zero-order valence-electron chi connectivity index (χ0n) is 10.7. The summed E-state index contributed by atoms with van der Waals surface area (Å²) in [6, 6.07) is 9.82. The number of rotatable bonds is 4. The summed E-state index contributed by atoms with van der Waals surface area (Å²) in [4.78, 5) is 4.56. The van der Waals surface area contributed by atoms with Crippen molar-refractivity contribution in [1.82, 2.24) is 4.98 Å². The van der Waals surface area contributed by atoms with Gasteiger partial charge in [-0.3, -0.25) is 0 Å². The Morgan fingerprint density at radius 2 is 2.10 bits per heavy atom. The number of anilines is 1. The maximum Gasteiger partial charge on any atom is 0.198 e. The molecule has 1 N–H and O–H groups in total. The monoisotopic (exact) mass is 332 g/mol. The van der Waals surface area contributed by atoms with Crippen molar-refractivity contribution < 1.29 is 8.83 Å². The third-order valence-corrected chi connectivity index (χ3v) is 3.85. The molecule has 3 aromatic rings. The Kier molecular flexibility index (Phi) is 2.80. The van der Waals surface area contributed by atoms with E-state index < -0.39 is 0 Å².